The fraction of sp³-hybridized carbons (Fsp3) is 0.240. The van der Waals surface area contributed by atoms with E-state index >= 15 is 0 Å². The Balaban J connectivity index is 1.75. The minimum atomic E-state index is -0.0367. The standard InChI is InChI=1S/C25H27N2/c1-25(2)23(17-12-18-10-14-20(15-11-18)26(3)4)27(5)22-16-13-19-8-6-7-9-21(19)24(22)25/h6-17H,1-5H3/q+1. The van der Waals surface area contributed by atoms with Crippen LogP contribution in [0, 0.1) is 0 Å². The zero-order valence-corrected chi connectivity index (χ0v) is 16.8. The van der Waals surface area contributed by atoms with Gasteiger partial charge in [-0.3, -0.25) is 0 Å². The lowest BCUT2D eigenvalue weighted by Gasteiger charge is -2.17. The number of allylic oxidation sites excluding steroid dienone is 1. The zero-order chi connectivity index (χ0) is 19.2. The van der Waals surface area contributed by atoms with E-state index in [2.05, 4.69) is 117 Å². The van der Waals surface area contributed by atoms with Crippen molar-refractivity contribution in [2.75, 3.05) is 26.0 Å². The van der Waals surface area contributed by atoms with E-state index in [0.29, 0.717) is 0 Å². The van der Waals surface area contributed by atoms with Crippen LogP contribution in [0.2, 0.25) is 0 Å². The molecule has 0 unspecified atom stereocenters. The van der Waals surface area contributed by atoms with Crippen molar-refractivity contribution in [3.05, 3.63) is 77.9 Å². The monoisotopic (exact) mass is 355 g/mol. The SMILES string of the molecule is CN(C)c1ccc(/C=C/C2=[N+](C)c3ccc4ccccc4c3C2(C)C)cc1. The average molecular weight is 356 g/mol. The zero-order valence-electron chi connectivity index (χ0n) is 16.8. The number of hydrogen-bond donors (Lipinski definition) is 0. The molecule has 1 aliphatic rings. The summed E-state index contributed by atoms with van der Waals surface area (Å²) in [7, 11) is 6.31. The van der Waals surface area contributed by atoms with Crippen molar-refractivity contribution in [1.82, 2.24) is 0 Å². The molecule has 27 heavy (non-hydrogen) atoms. The van der Waals surface area contributed by atoms with E-state index in [1.807, 2.05) is 0 Å². The van der Waals surface area contributed by atoms with E-state index in [-0.39, 0.29) is 5.41 Å². The molecule has 0 fully saturated rings. The van der Waals surface area contributed by atoms with Crippen molar-refractivity contribution in [3.8, 4) is 0 Å². The van der Waals surface area contributed by atoms with Gasteiger partial charge in [-0.05, 0) is 54.5 Å². The second-order valence-corrected chi connectivity index (χ2v) is 8.07. The van der Waals surface area contributed by atoms with Crippen LogP contribution >= 0.6 is 0 Å². The van der Waals surface area contributed by atoms with Crippen LogP contribution in [0.1, 0.15) is 25.0 Å². The van der Waals surface area contributed by atoms with Crippen molar-refractivity contribution >= 4 is 33.9 Å². The molecule has 0 saturated heterocycles. The fourth-order valence-electron chi connectivity index (χ4n) is 4.25. The summed E-state index contributed by atoms with van der Waals surface area (Å²) in [4.78, 5) is 2.12. The molecule has 0 saturated carbocycles. The van der Waals surface area contributed by atoms with E-state index in [1.54, 1.807) is 0 Å². The first-order valence-electron chi connectivity index (χ1n) is 9.48. The molecule has 0 radical (unpaired) electrons. The third kappa shape index (κ3) is 2.86. The van der Waals surface area contributed by atoms with Crippen LogP contribution in [0.25, 0.3) is 16.8 Å². The molecular formula is C25H27N2+. The van der Waals surface area contributed by atoms with Gasteiger partial charge in [-0.25, -0.2) is 0 Å². The van der Waals surface area contributed by atoms with Crippen LogP contribution in [0.5, 0.6) is 0 Å². The first-order chi connectivity index (χ1) is 12.9. The molecule has 0 bridgehead atoms. The summed E-state index contributed by atoms with van der Waals surface area (Å²) in [6.45, 7) is 4.66. The first-order valence-corrected chi connectivity index (χ1v) is 9.48. The quantitative estimate of drug-likeness (QED) is 0.552. The lowest BCUT2D eigenvalue weighted by Crippen LogP contribution is -2.26. The number of benzene rings is 3. The van der Waals surface area contributed by atoms with Gasteiger partial charge in [0, 0.05) is 37.5 Å². The van der Waals surface area contributed by atoms with Crippen LogP contribution in [0.4, 0.5) is 11.4 Å². The number of nitrogens with zero attached hydrogens (tertiary/aromatic N) is 2. The molecule has 2 heteroatoms. The Bertz CT molecular complexity index is 1070. The van der Waals surface area contributed by atoms with Crippen molar-refractivity contribution in [2.45, 2.75) is 19.3 Å². The van der Waals surface area contributed by atoms with Crippen LogP contribution in [0.3, 0.4) is 0 Å². The van der Waals surface area contributed by atoms with Gasteiger partial charge >= 0.3 is 0 Å². The second-order valence-electron chi connectivity index (χ2n) is 8.07. The van der Waals surface area contributed by atoms with Gasteiger partial charge < -0.3 is 4.90 Å². The molecule has 0 atom stereocenters. The molecule has 1 heterocycles. The summed E-state index contributed by atoms with van der Waals surface area (Å²) in [5.41, 5.74) is 6.46. The number of fused-ring (bicyclic) bond motifs is 3. The number of rotatable bonds is 3. The van der Waals surface area contributed by atoms with Crippen molar-refractivity contribution < 1.29 is 4.58 Å². The highest BCUT2D eigenvalue weighted by molar-refractivity contribution is 6.09. The number of anilines is 1. The van der Waals surface area contributed by atoms with Gasteiger partial charge in [0.15, 0.2) is 5.71 Å². The van der Waals surface area contributed by atoms with Gasteiger partial charge in [-0.15, -0.1) is 0 Å². The molecule has 1 aliphatic heterocycles. The van der Waals surface area contributed by atoms with E-state index < -0.39 is 0 Å². The van der Waals surface area contributed by atoms with E-state index in [1.165, 1.54) is 39.0 Å². The summed E-state index contributed by atoms with van der Waals surface area (Å²) in [5.74, 6) is 0. The maximum atomic E-state index is 2.34. The fourth-order valence-corrected chi connectivity index (χ4v) is 4.25. The predicted octanol–water partition coefficient (Wildman–Crippen LogP) is 5.63. The van der Waals surface area contributed by atoms with Crippen LogP contribution in [-0.4, -0.2) is 31.4 Å². The Morgan fingerprint density at radius 3 is 2.26 bits per heavy atom. The smallest absolute Gasteiger partial charge is 0.210 e. The molecule has 0 aromatic heterocycles. The summed E-state index contributed by atoms with van der Waals surface area (Å²) < 4.78 is 2.34. The Hall–Kier alpha value is -2.87. The minimum absolute atomic E-state index is 0.0367. The van der Waals surface area contributed by atoms with Gasteiger partial charge in [0.1, 0.15) is 7.05 Å². The maximum Gasteiger partial charge on any atom is 0.210 e. The molecule has 0 aliphatic carbocycles. The predicted molar refractivity (Wildman–Crippen MR) is 118 cm³/mol. The molecular weight excluding hydrogens is 328 g/mol. The Labute approximate surface area is 162 Å². The summed E-state index contributed by atoms with van der Waals surface area (Å²) >= 11 is 0. The highest BCUT2D eigenvalue weighted by atomic mass is 15.1. The van der Waals surface area contributed by atoms with Gasteiger partial charge in [0.05, 0.1) is 5.41 Å². The minimum Gasteiger partial charge on any atom is -0.378 e. The first kappa shape index (κ1) is 17.5. The van der Waals surface area contributed by atoms with Crippen LogP contribution in [0.15, 0.2) is 66.7 Å². The lowest BCUT2D eigenvalue weighted by atomic mass is 9.79. The van der Waals surface area contributed by atoms with Crippen molar-refractivity contribution in [2.24, 2.45) is 0 Å². The maximum absolute atomic E-state index is 2.34. The normalized spacial score (nSPS) is 15.6. The van der Waals surface area contributed by atoms with Crippen LogP contribution < -0.4 is 4.90 Å². The average Bonchev–Trinajstić information content (AvgIpc) is 2.86. The molecule has 4 rings (SSSR count). The molecule has 0 N–H and O–H groups in total. The van der Waals surface area contributed by atoms with E-state index in [4.69, 9.17) is 0 Å². The molecule has 0 amide bonds. The molecule has 3 aromatic rings. The summed E-state index contributed by atoms with van der Waals surface area (Å²) in [6, 6.07) is 21.9. The van der Waals surface area contributed by atoms with E-state index in [9.17, 15) is 0 Å². The van der Waals surface area contributed by atoms with Gasteiger partial charge in [-0.2, -0.15) is 4.58 Å². The molecule has 0 spiro atoms. The van der Waals surface area contributed by atoms with Gasteiger partial charge in [0.25, 0.3) is 0 Å². The van der Waals surface area contributed by atoms with Crippen molar-refractivity contribution in [3.63, 3.8) is 0 Å². The van der Waals surface area contributed by atoms with Gasteiger partial charge in [-0.1, -0.05) is 36.4 Å². The van der Waals surface area contributed by atoms with Crippen LogP contribution in [-0.2, 0) is 5.41 Å². The summed E-state index contributed by atoms with van der Waals surface area (Å²) in [5, 5.41) is 2.66. The van der Waals surface area contributed by atoms with E-state index in [0.717, 1.165) is 0 Å². The third-order valence-electron chi connectivity index (χ3n) is 5.74. The topological polar surface area (TPSA) is 6.25 Å². The van der Waals surface area contributed by atoms with Gasteiger partial charge in [0.2, 0.25) is 5.69 Å². The lowest BCUT2D eigenvalue weighted by molar-refractivity contribution is -0.401. The molecule has 136 valence electrons. The van der Waals surface area contributed by atoms with Crippen molar-refractivity contribution in [1.29, 1.82) is 0 Å². The Morgan fingerprint density at radius 2 is 1.56 bits per heavy atom. The Kier molecular flexibility index (Phi) is 4.15. The second kappa shape index (κ2) is 6.38. The highest BCUT2D eigenvalue weighted by Crippen LogP contribution is 2.43. The highest BCUT2D eigenvalue weighted by Gasteiger charge is 2.44. The largest absolute Gasteiger partial charge is 0.378 e. The number of hydrogen-bond acceptors (Lipinski definition) is 1. The molecule has 3 aromatic carbocycles. The third-order valence-corrected chi connectivity index (χ3v) is 5.74. The molecule has 2 nitrogen and oxygen atoms in total. The summed E-state index contributed by atoms with van der Waals surface area (Å²) in [6.07, 6.45) is 4.50. The Morgan fingerprint density at radius 1 is 0.852 bits per heavy atom.